The second-order valence-corrected chi connectivity index (χ2v) is 6.21. The van der Waals surface area contributed by atoms with Gasteiger partial charge in [0.25, 0.3) is 5.56 Å². The van der Waals surface area contributed by atoms with E-state index in [1.54, 1.807) is 6.07 Å². The number of H-pyrrole nitrogens is 1. The minimum atomic E-state index is -0.137. The van der Waals surface area contributed by atoms with Crippen LogP contribution in [0.3, 0.4) is 0 Å². The fraction of sp³-hybridized carbons (Fsp3) is 0.150. The third-order valence-electron chi connectivity index (χ3n) is 4.34. The molecule has 26 heavy (non-hydrogen) atoms. The number of para-hydroxylation sites is 1. The molecule has 4 rings (SSSR count). The van der Waals surface area contributed by atoms with Crippen LogP contribution >= 0.6 is 0 Å². The second kappa shape index (κ2) is 6.84. The molecule has 0 saturated carbocycles. The fourth-order valence-electron chi connectivity index (χ4n) is 2.96. The van der Waals surface area contributed by atoms with Crippen LogP contribution in [0, 0.1) is 6.92 Å². The van der Waals surface area contributed by atoms with E-state index < -0.39 is 0 Å². The average Bonchev–Trinajstić information content (AvgIpc) is 3.05. The predicted octanol–water partition coefficient (Wildman–Crippen LogP) is 3.09. The van der Waals surface area contributed by atoms with Gasteiger partial charge in [-0.05, 0) is 30.2 Å². The lowest BCUT2D eigenvalue weighted by atomic mass is 10.1. The molecular weight excluding hydrogens is 326 g/mol. The Labute approximate surface area is 150 Å². The number of aryl methyl sites for hydroxylation is 1. The van der Waals surface area contributed by atoms with Crippen molar-refractivity contribution in [3.05, 3.63) is 88.2 Å². The van der Waals surface area contributed by atoms with Crippen molar-refractivity contribution in [3.8, 4) is 0 Å². The summed E-state index contributed by atoms with van der Waals surface area (Å²) in [6.07, 6.45) is 3.78. The number of nitrogens with one attached hydrogen (secondary N) is 2. The van der Waals surface area contributed by atoms with Gasteiger partial charge >= 0.3 is 0 Å². The lowest BCUT2D eigenvalue weighted by molar-refractivity contribution is 0.760. The van der Waals surface area contributed by atoms with Crippen LogP contribution in [-0.2, 0) is 13.1 Å². The van der Waals surface area contributed by atoms with Gasteiger partial charge in [0.2, 0.25) is 5.95 Å². The van der Waals surface area contributed by atoms with Crippen LogP contribution in [0.1, 0.15) is 17.0 Å². The molecule has 0 saturated heterocycles. The summed E-state index contributed by atoms with van der Waals surface area (Å²) in [6, 6.07) is 15.6. The zero-order chi connectivity index (χ0) is 17.9. The van der Waals surface area contributed by atoms with Crippen molar-refractivity contribution in [2.24, 2.45) is 0 Å². The molecule has 2 heterocycles. The van der Waals surface area contributed by atoms with Crippen molar-refractivity contribution in [1.29, 1.82) is 0 Å². The van der Waals surface area contributed by atoms with E-state index in [2.05, 4.69) is 43.0 Å². The van der Waals surface area contributed by atoms with Crippen LogP contribution < -0.4 is 10.9 Å². The SMILES string of the molecule is Cc1nccn1Cc1cccc(CNc2nc3ccccc3c(=O)[nH]2)c1. The zero-order valence-electron chi connectivity index (χ0n) is 14.4. The summed E-state index contributed by atoms with van der Waals surface area (Å²) >= 11 is 0. The molecule has 2 N–H and O–H groups in total. The Morgan fingerprint density at radius 3 is 2.81 bits per heavy atom. The Morgan fingerprint density at radius 2 is 1.96 bits per heavy atom. The van der Waals surface area contributed by atoms with Gasteiger partial charge in [0, 0.05) is 25.5 Å². The Hall–Kier alpha value is -3.41. The number of anilines is 1. The quantitative estimate of drug-likeness (QED) is 0.583. The van der Waals surface area contributed by atoms with Gasteiger partial charge in [0.05, 0.1) is 10.9 Å². The average molecular weight is 345 g/mol. The third kappa shape index (κ3) is 3.35. The van der Waals surface area contributed by atoms with Crippen molar-refractivity contribution in [1.82, 2.24) is 19.5 Å². The van der Waals surface area contributed by atoms with E-state index in [0.717, 1.165) is 17.9 Å². The van der Waals surface area contributed by atoms with Crippen molar-refractivity contribution in [2.45, 2.75) is 20.0 Å². The van der Waals surface area contributed by atoms with Gasteiger partial charge in [0.15, 0.2) is 0 Å². The van der Waals surface area contributed by atoms with E-state index in [9.17, 15) is 4.79 Å². The molecule has 0 aliphatic carbocycles. The minimum Gasteiger partial charge on any atom is -0.352 e. The smallest absolute Gasteiger partial charge is 0.260 e. The van der Waals surface area contributed by atoms with Crippen LogP contribution in [0.5, 0.6) is 0 Å². The van der Waals surface area contributed by atoms with Gasteiger partial charge in [0.1, 0.15) is 5.82 Å². The summed E-state index contributed by atoms with van der Waals surface area (Å²) in [5, 5.41) is 3.80. The van der Waals surface area contributed by atoms with Crippen molar-refractivity contribution >= 4 is 16.9 Å². The first-order chi connectivity index (χ1) is 12.7. The number of fused-ring (bicyclic) bond motifs is 1. The molecule has 0 bridgehead atoms. The van der Waals surface area contributed by atoms with Crippen LogP contribution in [0.4, 0.5) is 5.95 Å². The molecule has 4 aromatic rings. The Balaban J connectivity index is 1.51. The molecule has 6 nitrogen and oxygen atoms in total. The third-order valence-corrected chi connectivity index (χ3v) is 4.34. The highest BCUT2D eigenvalue weighted by atomic mass is 16.1. The summed E-state index contributed by atoms with van der Waals surface area (Å²) in [4.78, 5) is 23.6. The van der Waals surface area contributed by atoms with Gasteiger partial charge in [-0.15, -0.1) is 0 Å². The molecule has 0 unspecified atom stereocenters. The van der Waals surface area contributed by atoms with Crippen molar-refractivity contribution < 1.29 is 0 Å². The molecule has 0 radical (unpaired) electrons. The first-order valence-corrected chi connectivity index (χ1v) is 8.47. The summed E-state index contributed by atoms with van der Waals surface area (Å²) in [7, 11) is 0. The van der Waals surface area contributed by atoms with E-state index in [4.69, 9.17) is 0 Å². The number of aromatic nitrogens is 4. The van der Waals surface area contributed by atoms with E-state index in [1.807, 2.05) is 43.6 Å². The van der Waals surface area contributed by atoms with Gasteiger partial charge in [-0.2, -0.15) is 0 Å². The monoisotopic (exact) mass is 345 g/mol. The van der Waals surface area contributed by atoms with Crippen LogP contribution in [-0.4, -0.2) is 19.5 Å². The van der Waals surface area contributed by atoms with Gasteiger partial charge < -0.3 is 9.88 Å². The normalized spacial score (nSPS) is 11.0. The van der Waals surface area contributed by atoms with Crippen LogP contribution in [0.15, 0.2) is 65.7 Å². The molecule has 0 aliphatic rings. The topological polar surface area (TPSA) is 75.6 Å². The zero-order valence-corrected chi connectivity index (χ0v) is 14.4. The summed E-state index contributed by atoms with van der Waals surface area (Å²) in [5.41, 5.74) is 2.87. The van der Waals surface area contributed by atoms with E-state index in [-0.39, 0.29) is 5.56 Å². The number of rotatable bonds is 5. The largest absolute Gasteiger partial charge is 0.352 e. The number of aromatic amines is 1. The predicted molar refractivity (Wildman–Crippen MR) is 102 cm³/mol. The highest BCUT2D eigenvalue weighted by molar-refractivity contribution is 5.78. The number of imidazole rings is 1. The summed E-state index contributed by atoms with van der Waals surface area (Å²) in [5.74, 6) is 1.47. The Morgan fingerprint density at radius 1 is 1.12 bits per heavy atom. The second-order valence-electron chi connectivity index (χ2n) is 6.21. The maximum Gasteiger partial charge on any atom is 0.260 e. The van der Waals surface area contributed by atoms with Crippen molar-refractivity contribution in [2.75, 3.05) is 5.32 Å². The number of nitrogens with zero attached hydrogens (tertiary/aromatic N) is 3. The van der Waals surface area contributed by atoms with Gasteiger partial charge in [-0.25, -0.2) is 9.97 Å². The standard InChI is InChI=1S/C20H19N5O/c1-14-21-9-10-25(14)13-16-6-4-5-15(11-16)12-22-20-23-18-8-3-2-7-17(18)19(26)24-20/h2-11H,12-13H2,1H3,(H2,22,23,24,26). The molecule has 2 aromatic heterocycles. The highest BCUT2D eigenvalue weighted by Gasteiger charge is 2.04. The summed E-state index contributed by atoms with van der Waals surface area (Å²) < 4.78 is 2.11. The number of hydrogen-bond donors (Lipinski definition) is 2. The minimum absolute atomic E-state index is 0.137. The van der Waals surface area contributed by atoms with Gasteiger partial charge in [-0.1, -0.05) is 36.4 Å². The Bertz CT molecular complexity index is 1110. The molecule has 0 amide bonds. The van der Waals surface area contributed by atoms with Crippen molar-refractivity contribution in [3.63, 3.8) is 0 Å². The molecule has 2 aromatic carbocycles. The van der Waals surface area contributed by atoms with E-state index in [0.29, 0.717) is 23.4 Å². The number of hydrogen-bond acceptors (Lipinski definition) is 4. The molecule has 0 aliphatic heterocycles. The lowest BCUT2D eigenvalue weighted by Crippen LogP contribution is -2.13. The molecule has 0 fully saturated rings. The van der Waals surface area contributed by atoms with Crippen LogP contribution in [0.2, 0.25) is 0 Å². The summed E-state index contributed by atoms with van der Waals surface area (Å²) in [6.45, 7) is 3.36. The van der Waals surface area contributed by atoms with E-state index >= 15 is 0 Å². The molecular formula is C20H19N5O. The molecule has 130 valence electrons. The Kier molecular flexibility index (Phi) is 4.23. The first-order valence-electron chi connectivity index (χ1n) is 8.47. The maximum absolute atomic E-state index is 12.1. The lowest BCUT2D eigenvalue weighted by Gasteiger charge is -2.09. The van der Waals surface area contributed by atoms with Crippen LogP contribution in [0.25, 0.3) is 10.9 Å². The maximum atomic E-state index is 12.1. The fourth-order valence-corrected chi connectivity index (χ4v) is 2.96. The highest BCUT2D eigenvalue weighted by Crippen LogP contribution is 2.12. The molecule has 6 heteroatoms. The van der Waals surface area contributed by atoms with E-state index in [1.165, 1.54) is 5.56 Å². The molecule has 0 spiro atoms. The van der Waals surface area contributed by atoms with Gasteiger partial charge in [-0.3, -0.25) is 9.78 Å². The molecule has 0 atom stereocenters. The number of benzene rings is 2. The first kappa shape index (κ1) is 16.1.